The minimum atomic E-state index is 0.620. The number of nitrogens with zero attached hydrogens (tertiary/aromatic N) is 3. The van der Waals surface area contributed by atoms with Crippen molar-refractivity contribution in [3.05, 3.63) is 27.7 Å². The first-order valence-corrected chi connectivity index (χ1v) is 5.38. The van der Waals surface area contributed by atoms with Gasteiger partial charge in [-0.25, -0.2) is 4.98 Å². The molecule has 0 fully saturated rings. The maximum Gasteiger partial charge on any atom is 0.242 e. The molecule has 0 aliphatic carbocycles. The second-order valence-electron chi connectivity index (χ2n) is 2.84. The molecule has 0 spiro atoms. The Bertz CT molecular complexity index is 422. The van der Waals surface area contributed by atoms with Crippen LogP contribution in [0.3, 0.4) is 0 Å². The van der Waals surface area contributed by atoms with Crippen molar-refractivity contribution in [3.63, 3.8) is 0 Å². The maximum atomic E-state index is 5.94. The highest BCUT2D eigenvalue weighted by Gasteiger charge is 2.02. The van der Waals surface area contributed by atoms with Gasteiger partial charge in [-0.2, -0.15) is 11.3 Å². The van der Waals surface area contributed by atoms with Crippen LogP contribution in [0, 0.1) is 0 Å². The lowest BCUT2D eigenvalue weighted by molar-refractivity contribution is 0.766. The number of hydrogen-bond acceptors (Lipinski definition) is 4. The standard InChI is InChI=1S/C8H9ClN4S/c1-13-5-11-8(12-13)10-2-6-3-14-4-7(6)9/h3-5H,2H2,1H3,(H,10,12). The normalized spacial score (nSPS) is 10.4. The van der Waals surface area contributed by atoms with Crippen LogP contribution < -0.4 is 5.32 Å². The van der Waals surface area contributed by atoms with E-state index in [-0.39, 0.29) is 0 Å². The summed E-state index contributed by atoms with van der Waals surface area (Å²) in [6.07, 6.45) is 1.65. The molecule has 0 atom stereocenters. The van der Waals surface area contributed by atoms with Crippen LogP contribution >= 0.6 is 22.9 Å². The summed E-state index contributed by atoms with van der Waals surface area (Å²) in [6, 6.07) is 0. The molecular formula is C8H9ClN4S. The van der Waals surface area contributed by atoms with Crippen molar-refractivity contribution in [1.82, 2.24) is 14.8 Å². The zero-order valence-electron chi connectivity index (χ0n) is 7.57. The van der Waals surface area contributed by atoms with Crippen molar-refractivity contribution in [3.8, 4) is 0 Å². The third-order valence-electron chi connectivity index (χ3n) is 1.73. The summed E-state index contributed by atoms with van der Waals surface area (Å²) in [6.45, 7) is 0.659. The summed E-state index contributed by atoms with van der Waals surface area (Å²) in [7, 11) is 1.83. The molecule has 0 aliphatic rings. The number of nitrogens with one attached hydrogen (secondary N) is 1. The number of halogens is 1. The molecule has 2 rings (SSSR count). The fourth-order valence-corrected chi connectivity index (χ4v) is 2.08. The second-order valence-corrected chi connectivity index (χ2v) is 3.99. The summed E-state index contributed by atoms with van der Waals surface area (Å²) in [4.78, 5) is 4.05. The molecule has 0 saturated carbocycles. The maximum absolute atomic E-state index is 5.94. The van der Waals surface area contributed by atoms with E-state index in [0.29, 0.717) is 12.5 Å². The van der Waals surface area contributed by atoms with Gasteiger partial charge in [-0.3, -0.25) is 4.68 Å². The molecular weight excluding hydrogens is 220 g/mol. The Labute approximate surface area is 90.5 Å². The van der Waals surface area contributed by atoms with Gasteiger partial charge in [0, 0.05) is 24.5 Å². The van der Waals surface area contributed by atoms with Crippen molar-refractivity contribution in [2.45, 2.75) is 6.54 Å². The first-order valence-electron chi connectivity index (χ1n) is 4.06. The number of aromatic nitrogens is 3. The average molecular weight is 229 g/mol. The molecule has 0 amide bonds. The summed E-state index contributed by atoms with van der Waals surface area (Å²) in [5.41, 5.74) is 1.07. The highest BCUT2D eigenvalue weighted by atomic mass is 35.5. The third-order valence-corrected chi connectivity index (χ3v) is 3.00. The van der Waals surface area contributed by atoms with E-state index in [9.17, 15) is 0 Å². The molecule has 2 aromatic heterocycles. The van der Waals surface area contributed by atoms with Gasteiger partial charge in [0.2, 0.25) is 5.95 Å². The van der Waals surface area contributed by atoms with E-state index in [1.165, 1.54) is 0 Å². The van der Waals surface area contributed by atoms with E-state index in [4.69, 9.17) is 11.6 Å². The zero-order chi connectivity index (χ0) is 9.97. The topological polar surface area (TPSA) is 42.7 Å². The van der Waals surface area contributed by atoms with Crippen molar-refractivity contribution in [2.75, 3.05) is 5.32 Å². The Morgan fingerprint density at radius 2 is 2.43 bits per heavy atom. The number of rotatable bonds is 3. The molecule has 6 heteroatoms. The minimum absolute atomic E-state index is 0.620. The summed E-state index contributed by atoms with van der Waals surface area (Å²) < 4.78 is 1.65. The molecule has 14 heavy (non-hydrogen) atoms. The zero-order valence-corrected chi connectivity index (χ0v) is 9.14. The molecule has 2 heterocycles. The van der Waals surface area contributed by atoms with Crippen LogP contribution in [-0.2, 0) is 13.6 Å². The molecule has 2 aromatic rings. The molecule has 0 aliphatic heterocycles. The molecule has 4 nitrogen and oxygen atoms in total. The highest BCUT2D eigenvalue weighted by Crippen LogP contribution is 2.20. The van der Waals surface area contributed by atoms with E-state index in [1.807, 2.05) is 17.8 Å². The lowest BCUT2D eigenvalue weighted by atomic mass is 10.3. The van der Waals surface area contributed by atoms with Gasteiger partial charge in [-0.05, 0) is 5.38 Å². The summed E-state index contributed by atoms with van der Waals surface area (Å²) >= 11 is 7.52. The summed E-state index contributed by atoms with van der Waals surface area (Å²) in [5.74, 6) is 0.620. The Morgan fingerprint density at radius 3 is 3.00 bits per heavy atom. The molecule has 74 valence electrons. The fraction of sp³-hybridized carbons (Fsp3) is 0.250. The van der Waals surface area contributed by atoms with E-state index in [0.717, 1.165) is 10.6 Å². The van der Waals surface area contributed by atoms with Gasteiger partial charge in [0.1, 0.15) is 6.33 Å². The van der Waals surface area contributed by atoms with Crippen LogP contribution in [0.4, 0.5) is 5.95 Å². The van der Waals surface area contributed by atoms with E-state index < -0.39 is 0 Å². The molecule has 0 radical (unpaired) electrons. The van der Waals surface area contributed by atoms with Crippen LogP contribution in [0.1, 0.15) is 5.56 Å². The van der Waals surface area contributed by atoms with E-state index in [1.54, 1.807) is 22.3 Å². The smallest absolute Gasteiger partial charge is 0.242 e. The Morgan fingerprint density at radius 1 is 1.57 bits per heavy atom. The van der Waals surface area contributed by atoms with E-state index >= 15 is 0 Å². The molecule has 0 saturated heterocycles. The molecule has 0 aromatic carbocycles. The van der Waals surface area contributed by atoms with Crippen molar-refractivity contribution >= 4 is 28.9 Å². The Kier molecular flexibility index (Phi) is 2.69. The van der Waals surface area contributed by atoms with Crippen LogP contribution in [0.15, 0.2) is 17.1 Å². The van der Waals surface area contributed by atoms with E-state index in [2.05, 4.69) is 15.4 Å². The van der Waals surface area contributed by atoms with Gasteiger partial charge < -0.3 is 5.32 Å². The lowest BCUT2D eigenvalue weighted by Gasteiger charge is -1.99. The lowest BCUT2D eigenvalue weighted by Crippen LogP contribution is -2.01. The highest BCUT2D eigenvalue weighted by molar-refractivity contribution is 7.08. The third kappa shape index (κ3) is 2.05. The fourth-order valence-electron chi connectivity index (χ4n) is 1.03. The molecule has 1 N–H and O–H groups in total. The first kappa shape index (κ1) is 9.48. The Hall–Kier alpha value is -1.07. The second kappa shape index (κ2) is 3.98. The number of aryl methyl sites for hydroxylation is 1. The Balaban J connectivity index is 1.98. The predicted molar refractivity (Wildman–Crippen MR) is 57.7 cm³/mol. The average Bonchev–Trinajstić information content (AvgIpc) is 2.72. The number of anilines is 1. The number of thiophene rings is 1. The predicted octanol–water partition coefficient (Wildman–Crippen LogP) is 2.14. The van der Waals surface area contributed by atoms with Crippen molar-refractivity contribution in [1.29, 1.82) is 0 Å². The first-order chi connectivity index (χ1) is 6.75. The van der Waals surface area contributed by atoms with Crippen LogP contribution in [0.5, 0.6) is 0 Å². The van der Waals surface area contributed by atoms with Crippen LogP contribution in [0.2, 0.25) is 5.02 Å². The van der Waals surface area contributed by atoms with Gasteiger partial charge in [0.15, 0.2) is 0 Å². The van der Waals surface area contributed by atoms with Crippen LogP contribution in [-0.4, -0.2) is 14.8 Å². The largest absolute Gasteiger partial charge is 0.349 e. The van der Waals surface area contributed by atoms with Crippen molar-refractivity contribution in [2.24, 2.45) is 7.05 Å². The van der Waals surface area contributed by atoms with Crippen LogP contribution in [0.25, 0.3) is 0 Å². The monoisotopic (exact) mass is 228 g/mol. The molecule has 0 bridgehead atoms. The SMILES string of the molecule is Cn1cnc(NCc2cscc2Cl)n1. The quantitative estimate of drug-likeness (QED) is 0.876. The number of hydrogen-bond donors (Lipinski definition) is 1. The summed E-state index contributed by atoms with van der Waals surface area (Å²) in [5, 5.41) is 11.9. The molecule has 0 unspecified atom stereocenters. The van der Waals surface area contributed by atoms with Gasteiger partial charge in [0.05, 0.1) is 5.02 Å². The van der Waals surface area contributed by atoms with Gasteiger partial charge >= 0.3 is 0 Å². The van der Waals surface area contributed by atoms with Crippen molar-refractivity contribution < 1.29 is 0 Å². The minimum Gasteiger partial charge on any atom is -0.349 e. The van der Waals surface area contributed by atoms with Gasteiger partial charge in [0.25, 0.3) is 0 Å². The van der Waals surface area contributed by atoms with Gasteiger partial charge in [-0.15, -0.1) is 5.10 Å². The van der Waals surface area contributed by atoms with Gasteiger partial charge in [-0.1, -0.05) is 11.6 Å².